The van der Waals surface area contributed by atoms with Crippen LogP contribution in [0.3, 0.4) is 0 Å². The fourth-order valence-electron chi connectivity index (χ4n) is 1.66. The number of nitrogens with zero attached hydrogens (tertiary/aromatic N) is 4. The molecule has 0 bridgehead atoms. The molecule has 0 saturated carbocycles. The highest BCUT2D eigenvalue weighted by Gasteiger charge is 2.05. The lowest BCUT2D eigenvalue weighted by atomic mass is 10.2. The second kappa shape index (κ2) is 7.27. The second-order valence-electron chi connectivity index (χ2n) is 4.21. The van der Waals surface area contributed by atoms with Crippen LogP contribution in [0.1, 0.15) is 11.1 Å². The maximum atomic E-state index is 5.58. The molecule has 0 aliphatic heterocycles. The molecule has 4 N–H and O–H groups in total. The summed E-state index contributed by atoms with van der Waals surface area (Å²) in [6.45, 7) is 0. The summed E-state index contributed by atoms with van der Waals surface area (Å²) in [5.41, 5.74) is 13.6. The molecule has 0 saturated heterocycles. The van der Waals surface area contributed by atoms with Crippen molar-refractivity contribution in [3.05, 3.63) is 35.4 Å². The van der Waals surface area contributed by atoms with Crippen LogP contribution in [0, 0.1) is 0 Å². The van der Waals surface area contributed by atoms with E-state index in [-0.39, 0.29) is 0 Å². The summed E-state index contributed by atoms with van der Waals surface area (Å²) in [6.07, 6.45) is 0. The number of aromatic nitrogens is 4. The normalized spacial score (nSPS) is 10.9. The lowest BCUT2D eigenvalue weighted by Crippen LogP contribution is -1.85. The summed E-state index contributed by atoms with van der Waals surface area (Å²) in [4.78, 5) is 0. The Labute approximate surface area is 143 Å². The molecule has 22 heavy (non-hydrogen) atoms. The van der Waals surface area contributed by atoms with Crippen molar-refractivity contribution < 1.29 is 0 Å². The third kappa shape index (κ3) is 4.32. The molecule has 0 unspecified atom stereocenters. The number of hydrogen-bond acceptors (Lipinski definition) is 10. The molecule has 10 heteroatoms. The van der Waals surface area contributed by atoms with Gasteiger partial charge in [-0.3, -0.25) is 0 Å². The Morgan fingerprint density at radius 3 is 1.73 bits per heavy atom. The van der Waals surface area contributed by atoms with Gasteiger partial charge in [0.1, 0.15) is 0 Å². The van der Waals surface area contributed by atoms with E-state index < -0.39 is 0 Å². The zero-order valence-electron chi connectivity index (χ0n) is 11.3. The van der Waals surface area contributed by atoms with Crippen molar-refractivity contribution in [3.8, 4) is 0 Å². The van der Waals surface area contributed by atoms with E-state index in [1.165, 1.54) is 33.8 Å². The van der Waals surface area contributed by atoms with Gasteiger partial charge in [0.2, 0.25) is 10.3 Å². The number of rotatable bonds is 6. The van der Waals surface area contributed by atoms with E-state index in [9.17, 15) is 0 Å². The van der Waals surface area contributed by atoms with E-state index in [0.29, 0.717) is 10.3 Å². The molecule has 0 aliphatic rings. The summed E-state index contributed by atoms with van der Waals surface area (Å²) in [7, 11) is 0. The molecular formula is C12H12N6S4. The minimum Gasteiger partial charge on any atom is -0.374 e. The molecule has 0 radical (unpaired) electrons. The van der Waals surface area contributed by atoms with Gasteiger partial charge in [-0.25, -0.2) is 0 Å². The summed E-state index contributed by atoms with van der Waals surface area (Å²) >= 11 is 6.10. The van der Waals surface area contributed by atoms with Crippen LogP contribution in [0.25, 0.3) is 0 Å². The standard InChI is InChI=1S/C12H12N6S4/c13-9-15-17-11(21-9)19-5-7-2-1-3-8(4-7)6-20-12-18-16-10(14)22-12/h1-4H,5-6H2,(H2,13,15)(H2,14,16). The second-order valence-corrected chi connectivity index (χ2v) is 8.67. The van der Waals surface area contributed by atoms with Gasteiger partial charge >= 0.3 is 0 Å². The molecule has 6 nitrogen and oxygen atoms in total. The Hall–Kier alpha value is -1.36. The minimum absolute atomic E-state index is 0.504. The highest BCUT2D eigenvalue weighted by molar-refractivity contribution is 8.00. The summed E-state index contributed by atoms with van der Waals surface area (Å²) < 4.78 is 1.78. The Morgan fingerprint density at radius 1 is 0.818 bits per heavy atom. The first-order chi connectivity index (χ1) is 10.7. The lowest BCUT2D eigenvalue weighted by Gasteiger charge is -2.03. The number of anilines is 2. The molecule has 0 fully saturated rings. The highest BCUT2D eigenvalue weighted by atomic mass is 32.2. The molecule has 0 amide bonds. The Balaban J connectivity index is 1.57. The average Bonchev–Trinajstić information content (AvgIpc) is 3.12. The van der Waals surface area contributed by atoms with Crippen LogP contribution in [0.4, 0.5) is 10.3 Å². The van der Waals surface area contributed by atoms with Gasteiger partial charge in [-0.15, -0.1) is 20.4 Å². The molecule has 114 valence electrons. The quantitative estimate of drug-likeness (QED) is 0.640. The fraction of sp³-hybridized carbons (Fsp3) is 0.167. The van der Waals surface area contributed by atoms with Crippen LogP contribution in [-0.4, -0.2) is 20.4 Å². The van der Waals surface area contributed by atoms with Crippen molar-refractivity contribution in [2.75, 3.05) is 11.5 Å². The first-order valence-corrected chi connectivity index (χ1v) is 9.81. The molecule has 0 aliphatic carbocycles. The van der Waals surface area contributed by atoms with Crippen molar-refractivity contribution >= 4 is 56.5 Å². The third-order valence-electron chi connectivity index (χ3n) is 2.56. The first-order valence-electron chi connectivity index (χ1n) is 6.20. The Bertz CT molecular complexity index is 696. The topological polar surface area (TPSA) is 104 Å². The van der Waals surface area contributed by atoms with Crippen molar-refractivity contribution in [1.29, 1.82) is 0 Å². The lowest BCUT2D eigenvalue weighted by molar-refractivity contribution is 1.02. The predicted octanol–water partition coefficient (Wildman–Crippen LogP) is 3.14. The van der Waals surface area contributed by atoms with Gasteiger partial charge in [-0.05, 0) is 11.1 Å². The van der Waals surface area contributed by atoms with Crippen LogP contribution in [0.2, 0.25) is 0 Å². The van der Waals surface area contributed by atoms with Gasteiger partial charge in [0.05, 0.1) is 0 Å². The van der Waals surface area contributed by atoms with E-state index in [1.54, 1.807) is 23.5 Å². The van der Waals surface area contributed by atoms with E-state index in [1.807, 2.05) is 0 Å². The van der Waals surface area contributed by atoms with Gasteiger partial charge < -0.3 is 11.5 Å². The van der Waals surface area contributed by atoms with E-state index in [4.69, 9.17) is 11.5 Å². The van der Waals surface area contributed by atoms with Crippen molar-refractivity contribution in [3.63, 3.8) is 0 Å². The van der Waals surface area contributed by atoms with Crippen molar-refractivity contribution in [2.24, 2.45) is 0 Å². The largest absolute Gasteiger partial charge is 0.374 e. The van der Waals surface area contributed by atoms with Crippen LogP contribution >= 0.6 is 46.2 Å². The number of benzene rings is 1. The van der Waals surface area contributed by atoms with Crippen LogP contribution in [0.5, 0.6) is 0 Å². The van der Waals surface area contributed by atoms with Crippen molar-refractivity contribution in [2.45, 2.75) is 20.2 Å². The molecule has 0 spiro atoms. The zero-order chi connectivity index (χ0) is 15.4. The zero-order valence-corrected chi connectivity index (χ0v) is 14.6. The van der Waals surface area contributed by atoms with Gasteiger partial charge in [-0.1, -0.05) is 70.5 Å². The van der Waals surface area contributed by atoms with Gasteiger partial charge in [0.25, 0.3) is 0 Å². The molecule has 3 aromatic rings. The number of hydrogen-bond donors (Lipinski definition) is 2. The van der Waals surface area contributed by atoms with Gasteiger partial charge in [-0.2, -0.15) is 0 Å². The third-order valence-corrected chi connectivity index (χ3v) is 6.47. The highest BCUT2D eigenvalue weighted by Crippen LogP contribution is 2.29. The van der Waals surface area contributed by atoms with Crippen LogP contribution in [-0.2, 0) is 11.5 Å². The average molecular weight is 369 g/mol. The van der Waals surface area contributed by atoms with Gasteiger partial charge in [0, 0.05) is 11.5 Å². The molecule has 2 heterocycles. The Morgan fingerprint density at radius 2 is 1.32 bits per heavy atom. The van der Waals surface area contributed by atoms with Crippen LogP contribution in [0.15, 0.2) is 32.9 Å². The predicted molar refractivity (Wildman–Crippen MR) is 94.2 cm³/mol. The summed E-state index contributed by atoms with van der Waals surface area (Å²) in [5, 5.41) is 16.6. The van der Waals surface area contributed by atoms with E-state index >= 15 is 0 Å². The Kier molecular flexibility index (Phi) is 5.13. The smallest absolute Gasteiger partial charge is 0.203 e. The molecule has 1 aromatic carbocycles. The maximum Gasteiger partial charge on any atom is 0.203 e. The summed E-state index contributed by atoms with van der Waals surface area (Å²) in [6, 6.07) is 8.46. The number of thioether (sulfide) groups is 2. The molecule has 3 rings (SSSR count). The summed E-state index contributed by atoms with van der Waals surface area (Å²) in [5.74, 6) is 1.69. The van der Waals surface area contributed by atoms with Crippen molar-refractivity contribution in [1.82, 2.24) is 20.4 Å². The molecule has 0 atom stereocenters. The first kappa shape index (κ1) is 15.5. The fourth-order valence-corrected chi connectivity index (χ4v) is 4.81. The number of nitrogen functional groups attached to an aromatic ring is 2. The van der Waals surface area contributed by atoms with Gasteiger partial charge in [0.15, 0.2) is 8.68 Å². The van der Waals surface area contributed by atoms with Crippen LogP contribution < -0.4 is 11.5 Å². The molecular weight excluding hydrogens is 356 g/mol. The SMILES string of the molecule is Nc1nnc(SCc2cccc(CSc3nnc(N)s3)c2)s1. The number of nitrogens with two attached hydrogens (primary N) is 2. The maximum absolute atomic E-state index is 5.58. The van der Waals surface area contributed by atoms with E-state index in [0.717, 1.165) is 20.2 Å². The molecule has 2 aromatic heterocycles. The minimum atomic E-state index is 0.504. The monoisotopic (exact) mass is 368 g/mol. The van der Waals surface area contributed by atoms with E-state index in [2.05, 4.69) is 44.7 Å².